The lowest BCUT2D eigenvalue weighted by Gasteiger charge is -2.36. The molecule has 0 atom stereocenters. The third-order valence-electron chi connectivity index (χ3n) is 20.3. The van der Waals surface area contributed by atoms with Gasteiger partial charge in [-0.2, -0.15) is 0 Å². The van der Waals surface area contributed by atoms with E-state index in [2.05, 4.69) is 362 Å². The molecule has 0 unspecified atom stereocenters. The molecule has 2 nitrogen and oxygen atoms in total. The number of benzene rings is 14. The van der Waals surface area contributed by atoms with Crippen molar-refractivity contribution in [3.05, 3.63) is 374 Å². The Morgan fingerprint density at radius 3 is 0.758 bits per heavy atom. The van der Waals surface area contributed by atoms with Crippen molar-refractivity contribution in [1.82, 2.24) is 0 Å². The molecule has 420 valence electrons. The van der Waals surface area contributed by atoms with Crippen LogP contribution in [0.1, 0.15) is 22.3 Å². The molecule has 2 heterocycles. The Labute approximate surface area is 534 Å². The van der Waals surface area contributed by atoms with Gasteiger partial charge in [0, 0.05) is 34.1 Å². The fourth-order valence-corrected chi connectivity index (χ4v) is 16.8. The molecule has 0 saturated carbocycles. The highest BCUT2D eigenvalue weighted by Gasteiger charge is 2.56. The maximum Gasteiger partial charge on any atom is 0.240 e. The third kappa shape index (κ3) is 8.19. The first-order valence-corrected chi connectivity index (χ1v) is 32.0. The molecule has 2 aliphatic carbocycles. The van der Waals surface area contributed by atoms with Crippen LogP contribution in [-0.2, 0) is 5.41 Å². The minimum atomic E-state index is -0.772. The minimum absolute atomic E-state index is 0.00714. The quantitative estimate of drug-likeness (QED) is 0.126. The summed E-state index contributed by atoms with van der Waals surface area (Å²) in [5.41, 5.74) is 32.3. The van der Waals surface area contributed by atoms with Gasteiger partial charge in [0.1, 0.15) is 0 Å². The van der Waals surface area contributed by atoms with Gasteiger partial charge in [0.25, 0.3) is 0 Å². The topological polar surface area (TPSA) is 6.48 Å². The highest BCUT2D eigenvalue weighted by molar-refractivity contribution is 7.12. The number of nitrogens with zero attached hydrogens (tertiary/aromatic N) is 2. The van der Waals surface area contributed by atoms with Crippen molar-refractivity contribution in [2.45, 2.75) is 5.41 Å². The normalized spacial score (nSPS) is 13.3. The van der Waals surface area contributed by atoms with E-state index in [0.29, 0.717) is 0 Å². The monoisotopic (exact) mass is 1150 g/mol. The van der Waals surface area contributed by atoms with Crippen molar-refractivity contribution in [3.63, 3.8) is 0 Å². The predicted octanol–water partition coefficient (Wildman–Crippen LogP) is 11.7. The van der Waals surface area contributed by atoms with E-state index < -0.39 is 5.41 Å². The maximum absolute atomic E-state index is 2.58. The lowest BCUT2D eigenvalue weighted by molar-refractivity contribution is 0.794. The Morgan fingerprint density at radius 1 is 0.198 bits per heavy atom. The first kappa shape index (κ1) is 53.0. The van der Waals surface area contributed by atoms with E-state index in [4.69, 9.17) is 0 Å². The largest absolute Gasteiger partial charge is 0.310 e. The number of fused-ring (bicyclic) bond motifs is 16. The SMILES string of the molecule is c1ccc(B2c3ccccc3B(c3ccccc3)c3c2ccc2c3-c3cc(N(c4ccccc4)c4ccccc4)ccc3C23c2ccc(N(c4ccccc4)c4ccccc4)cc2-c2c3ccc3c2B(c2ccccc2)c2ccccc2B3c2ccccc2)cc1. The summed E-state index contributed by atoms with van der Waals surface area (Å²) in [6.07, 6.45) is 0. The molecule has 2 aliphatic heterocycles. The third-order valence-corrected chi connectivity index (χ3v) is 20.3. The van der Waals surface area contributed by atoms with E-state index in [-0.39, 0.29) is 26.9 Å². The summed E-state index contributed by atoms with van der Waals surface area (Å²) in [7, 11) is 0. The molecule has 0 radical (unpaired) electrons. The molecule has 0 fully saturated rings. The van der Waals surface area contributed by atoms with Crippen LogP contribution in [0.3, 0.4) is 0 Å². The van der Waals surface area contributed by atoms with Crippen LogP contribution in [0.15, 0.2) is 352 Å². The Kier molecular flexibility index (Phi) is 12.6. The molecule has 4 aliphatic rings. The number of rotatable bonds is 10. The van der Waals surface area contributed by atoms with Crippen molar-refractivity contribution < 1.29 is 0 Å². The predicted molar refractivity (Wildman–Crippen MR) is 389 cm³/mol. The van der Waals surface area contributed by atoms with E-state index in [1.165, 1.54) is 110 Å². The molecule has 1 spiro atoms. The zero-order valence-electron chi connectivity index (χ0n) is 50.2. The van der Waals surface area contributed by atoms with Crippen molar-refractivity contribution in [2.75, 3.05) is 9.80 Å². The summed E-state index contributed by atoms with van der Waals surface area (Å²) < 4.78 is 0. The van der Waals surface area contributed by atoms with Crippen molar-refractivity contribution in [3.8, 4) is 22.3 Å². The van der Waals surface area contributed by atoms with E-state index in [1.807, 2.05) is 0 Å². The highest BCUT2D eigenvalue weighted by atomic mass is 15.1. The smallest absolute Gasteiger partial charge is 0.240 e. The van der Waals surface area contributed by atoms with Gasteiger partial charge in [-0.05, 0) is 117 Å². The van der Waals surface area contributed by atoms with E-state index >= 15 is 0 Å². The number of hydrogen-bond donors (Lipinski definition) is 0. The van der Waals surface area contributed by atoms with Crippen LogP contribution < -0.4 is 75.4 Å². The minimum Gasteiger partial charge on any atom is -0.310 e. The number of anilines is 6. The Hall–Kier alpha value is -11.1. The van der Waals surface area contributed by atoms with Gasteiger partial charge in [-0.3, -0.25) is 0 Å². The zero-order chi connectivity index (χ0) is 60.0. The van der Waals surface area contributed by atoms with Crippen LogP contribution in [-0.4, -0.2) is 26.9 Å². The van der Waals surface area contributed by atoms with Crippen LogP contribution >= 0.6 is 0 Å². The zero-order valence-corrected chi connectivity index (χ0v) is 50.2. The number of hydrogen-bond acceptors (Lipinski definition) is 2. The van der Waals surface area contributed by atoms with Gasteiger partial charge >= 0.3 is 0 Å². The molecule has 0 N–H and O–H groups in total. The maximum atomic E-state index is 2.58. The molecule has 0 amide bonds. The van der Waals surface area contributed by atoms with E-state index in [9.17, 15) is 0 Å². The highest BCUT2D eigenvalue weighted by Crippen LogP contribution is 2.63. The molecule has 91 heavy (non-hydrogen) atoms. The van der Waals surface area contributed by atoms with Gasteiger partial charge < -0.3 is 9.80 Å². The van der Waals surface area contributed by atoms with E-state index in [0.717, 1.165) is 34.1 Å². The van der Waals surface area contributed by atoms with Gasteiger partial charge in [-0.25, -0.2) is 0 Å². The molecule has 14 aromatic carbocycles. The molecular formula is C85H58B4N2. The standard InChI is InChI=1S/C85H58B4N2/c1-9-29-59(30-10-1)86-75-45-25-27-47-77(75)88(61-33-13-3-14-34-61)83-79(86)55-53-73-81(83)69-57-67(90(63-37-17-5-18-38-63)64-39-19-6-20-40-64)49-51-71(69)85(73)72-52-50-68(91(65-41-21-7-22-42-65)66-43-23-8-24-44-66)58-70(72)82-74(85)54-56-80-84(82)89(62-35-15-4-16-36-62)78-48-28-26-46-76(78)87(80)60-31-11-2-12-32-60/h1-58H. The van der Waals surface area contributed by atoms with Crippen LogP contribution in [0.2, 0.25) is 0 Å². The summed E-state index contributed by atoms with van der Waals surface area (Å²) in [5, 5.41) is 0. The molecule has 6 heteroatoms. The lowest BCUT2D eigenvalue weighted by Crippen LogP contribution is -2.75. The molecule has 0 bridgehead atoms. The van der Waals surface area contributed by atoms with Gasteiger partial charge in [-0.15, -0.1) is 0 Å². The molecule has 14 aromatic rings. The Bertz CT molecular complexity index is 4670. The average molecular weight is 1150 g/mol. The van der Waals surface area contributed by atoms with Crippen molar-refractivity contribution in [1.29, 1.82) is 0 Å². The fourth-order valence-electron chi connectivity index (χ4n) is 16.8. The average Bonchev–Trinajstić information content (AvgIpc) is 1.51. The number of para-hydroxylation sites is 4. The van der Waals surface area contributed by atoms with Crippen molar-refractivity contribution in [2.24, 2.45) is 0 Å². The van der Waals surface area contributed by atoms with Crippen molar-refractivity contribution >= 4 is 127 Å². The summed E-state index contributed by atoms with van der Waals surface area (Å²) in [5.74, 6) is 0. The molecule has 0 aromatic heterocycles. The summed E-state index contributed by atoms with van der Waals surface area (Å²) in [6.45, 7) is -0.162. The van der Waals surface area contributed by atoms with Gasteiger partial charge in [-0.1, -0.05) is 345 Å². The molecule has 0 saturated heterocycles. The second-order valence-corrected chi connectivity index (χ2v) is 24.8. The van der Waals surface area contributed by atoms with E-state index in [1.54, 1.807) is 0 Å². The van der Waals surface area contributed by atoms with Crippen LogP contribution in [0.25, 0.3) is 22.3 Å². The lowest BCUT2D eigenvalue weighted by atomic mass is 9.20. The second-order valence-electron chi connectivity index (χ2n) is 24.8. The van der Waals surface area contributed by atoms with Crippen LogP contribution in [0, 0.1) is 0 Å². The molecule has 18 rings (SSSR count). The first-order chi connectivity index (χ1) is 45.2. The van der Waals surface area contributed by atoms with Crippen LogP contribution in [0.5, 0.6) is 0 Å². The Balaban J connectivity index is 1.01. The van der Waals surface area contributed by atoms with Gasteiger partial charge in [0.2, 0.25) is 26.9 Å². The van der Waals surface area contributed by atoms with Gasteiger partial charge in [0.15, 0.2) is 0 Å². The summed E-state index contributed by atoms with van der Waals surface area (Å²) in [4.78, 5) is 4.90. The van der Waals surface area contributed by atoms with Crippen LogP contribution in [0.4, 0.5) is 34.1 Å². The first-order valence-electron chi connectivity index (χ1n) is 32.0. The molecular weight excluding hydrogens is 1090 g/mol. The fraction of sp³-hybridized carbons (Fsp3) is 0.0118. The Morgan fingerprint density at radius 2 is 0.451 bits per heavy atom. The summed E-state index contributed by atoms with van der Waals surface area (Å²) in [6, 6.07) is 133. The summed E-state index contributed by atoms with van der Waals surface area (Å²) >= 11 is 0. The second kappa shape index (κ2) is 21.6. The van der Waals surface area contributed by atoms with Gasteiger partial charge in [0.05, 0.1) is 5.41 Å².